The van der Waals surface area contributed by atoms with Crippen molar-refractivity contribution in [3.8, 4) is 11.8 Å². The van der Waals surface area contributed by atoms with Crippen molar-refractivity contribution in [3.63, 3.8) is 0 Å². The molecule has 21 heavy (non-hydrogen) atoms. The highest BCUT2D eigenvalue weighted by atomic mass is 32.2. The summed E-state index contributed by atoms with van der Waals surface area (Å²) >= 11 is 0. The molecule has 0 spiro atoms. The second-order valence-electron chi connectivity index (χ2n) is 4.45. The van der Waals surface area contributed by atoms with Crippen LogP contribution in [0.3, 0.4) is 0 Å². The number of methoxy groups -OCH3 is 1. The van der Waals surface area contributed by atoms with Crippen molar-refractivity contribution >= 4 is 15.7 Å². The van der Waals surface area contributed by atoms with Crippen LogP contribution in [0.15, 0.2) is 47.4 Å². The summed E-state index contributed by atoms with van der Waals surface area (Å²) in [6.45, 7) is 1.82. The van der Waals surface area contributed by atoms with E-state index in [1.54, 1.807) is 12.1 Å². The Labute approximate surface area is 123 Å². The molecule has 0 amide bonds. The fourth-order valence-corrected chi connectivity index (χ4v) is 3.01. The number of ether oxygens (including phenoxy) is 1. The number of benzene rings is 2. The van der Waals surface area contributed by atoms with Crippen LogP contribution in [0, 0.1) is 18.3 Å². The highest BCUT2D eigenvalue weighted by molar-refractivity contribution is 7.92. The Morgan fingerprint density at radius 1 is 1.19 bits per heavy atom. The third-order valence-electron chi connectivity index (χ3n) is 2.87. The molecule has 5 nitrogen and oxygen atoms in total. The summed E-state index contributed by atoms with van der Waals surface area (Å²) < 4.78 is 32.3. The summed E-state index contributed by atoms with van der Waals surface area (Å²) in [7, 11) is -2.28. The van der Waals surface area contributed by atoms with Gasteiger partial charge in [-0.1, -0.05) is 12.1 Å². The van der Waals surface area contributed by atoms with E-state index in [1.165, 1.54) is 31.4 Å². The van der Waals surface area contributed by atoms with Gasteiger partial charge in [-0.15, -0.1) is 0 Å². The van der Waals surface area contributed by atoms with E-state index < -0.39 is 10.0 Å². The van der Waals surface area contributed by atoms with Crippen LogP contribution in [0.4, 0.5) is 5.69 Å². The Morgan fingerprint density at radius 3 is 2.57 bits per heavy atom. The summed E-state index contributed by atoms with van der Waals surface area (Å²) in [6, 6.07) is 13.1. The Balaban J connectivity index is 2.40. The van der Waals surface area contributed by atoms with Gasteiger partial charge >= 0.3 is 0 Å². The first-order chi connectivity index (χ1) is 9.96. The minimum Gasteiger partial charge on any atom is -0.495 e. The van der Waals surface area contributed by atoms with E-state index in [9.17, 15) is 8.42 Å². The Hall–Kier alpha value is -2.52. The summed E-state index contributed by atoms with van der Waals surface area (Å²) in [6.07, 6.45) is 0. The van der Waals surface area contributed by atoms with E-state index in [2.05, 4.69) is 4.72 Å². The van der Waals surface area contributed by atoms with Crippen LogP contribution in [0.1, 0.15) is 11.1 Å². The lowest BCUT2D eigenvalue weighted by Crippen LogP contribution is -2.13. The molecule has 0 aromatic heterocycles. The summed E-state index contributed by atoms with van der Waals surface area (Å²) in [5.41, 5.74) is 1.54. The smallest absolute Gasteiger partial charge is 0.262 e. The summed E-state index contributed by atoms with van der Waals surface area (Å²) in [4.78, 5) is 0.175. The molecule has 2 aromatic carbocycles. The molecule has 2 aromatic rings. The average Bonchev–Trinajstić information content (AvgIpc) is 2.47. The molecule has 0 fully saturated rings. The molecule has 0 aliphatic carbocycles. The third kappa shape index (κ3) is 3.33. The molecule has 6 heteroatoms. The average molecular weight is 302 g/mol. The molecule has 1 N–H and O–H groups in total. The van der Waals surface area contributed by atoms with Crippen LogP contribution in [0.2, 0.25) is 0 Å². The number of nitrogens with one attached hydrogen (secondary N) is 1. The van der Waals surface area contributed by atoms with Gasteiger partial charge in [0.05, 0.1) is 29.3 Å². The van der Waals surface area contributed by atoms with E-state index in [1.807, 2.05) is 19.1 Å². The molecule has 0 saturated carbocycles. The van der Waals surface area contributed by atoms with Crippen molar-refractivity contribution < 1.29 is 13.2 Å². The van der Waals surface area contributed by atoms with Crippen molar-refractivity contribution in [1.29, 1.82) is 5.26 Å². The highest BCUT2D eigenvalue weighted by Gasteiger charge is 2.16. The predicted octanol–water partition coefficient (Wildman–Crippen LogP) is 2.68. The van der Waals surface area contributed by atoms with Gasteiger partial charge in [0.25, 0.3) is 10.0 Å². The molecule has 0 atom stereocenters. The molecular weight excluding hydrogens is 288 g/mol. The second kappa shape index (κ2) is 5.85. The number of hydrogen-bond donors (Lipinski definition) is 1. The van der Waals surface area contributed by atoms with Crippen LogP contribution in [-0.2, 0) is 10.0 Å². The summed E-state index contributed by atoms with van der Waals surface area (Å²) in [5, 5.41) is 8.85. The van der Waals surface area contributed by atoms with Gasteiger partial charge in [0.2, 0.25) is 0 Å². The van der Waals surface area contributed by atoms with Crippen LogP contribution in [0.5, 0.6) is 5.75 Å². The van der Waals surface area contributed by atoms with Gasteiger partial charge in [-0.25, -0.2) is 8.42 Å². The van der Waals surface area contributed by atoms with Crippen molar-refractivity contribution in [2.45, 2.75) is 11.8 Å². The molecule has 0 heterocycles. The van der Waals surface area contributed by atoms with Gasteiger partial charge in [-0.2, -0.15) is 5.26 Å². The van der Waals surface area contributed by atoms with Crippen molar-refractivity contribution in [1.82, 2.24) is 0 Å². The number of hydrogen-bond acceptors (Lipinski definition) is 4. The maximum atomic E-state index is 12.3. The molecule has 0 aliphatic heterocycles. The van der Waals surface area contributed by atoms with Crippen LogP contribution in [0.25, 0.3) is 0 Å². The number of sulfonamides is 1. The monoisotopic (exact) mass is 302 g/mol. The summed E-state index contributed by atoms with van der Waals surface area (Å²) in [5.74, 6) is 0.297. The normalized spacial score (nSPS) is 10.7. The van der Waals surface area contributed by atoms with E-state index in [-0.39, 0.29) is 10.6 Å². The standard InChI is InChI=1S/C15H14N2O3S/c1-11-4-3-5-13(8-11)21(18,19)17-14-7-6-12(10-16)9-15(14)20-2/h3-9,17H,1-2H3. The third-order valence-corrected chi connectivity index (χ3v) is 4.24. The predicted molar refractivity (Wildman–Crippen MR) is 79.7 cm³/mol. The van der Waals surface area contributed by atoms with Gasteiger partial charge in [-0.05, 0) is 36.8 Å². The van der Waals surface area contributed by atoms with E-state index in [0.29, 0.717) is 11.3 Å². The molecule has 0 aliphatic rings. The van der Waals surface area contributed by atoms with Crippen LogP contribution in [-0.4, -0.2) is 15.5 Å². The lowest BCUT2D eigenvalue weighted by molar-refractivity contribution is 0.416. The first-order valence-electron chi connectivity index (χ1n) is 6.14. The molecule has 0 saturated heterocycles. The van der Waals surface area contributed by atoms with Crippen LogP contribution >= 0.6 is 0 Å². The number of anilines is 1. The van der Waals surface area contributed by atoms with Gasteiger partial charge in [0.15, 0.2) is 0 Å². The van der Waals surface area contributed by atoms with Crippen molar-refractivity contribution in [3.05, 3.63) is 53.6 Å². The first-order valence-corrected chi connectivity index (χ1v) is 7.62. The molecular formula is C15H14N2O3S. The van der Waals surface area contributed by atoms with Crippen LogP contribution < -0.4 is 9.46 Å². The minimum atomic E-state index is -3.70. The highest BCUT2D eigenvalue weighted by Crippen LogP contribution is 2.27. The second-order valence-corrected chi connectivity index (χ2v) is 6.13. The Morgan fingerprint density at radius 2 is 1.95 bits per heavy atom. The molecule has 0 radical (unpaired) electrons. The van der Waals surface area contributed by atoms with E-state index in [0.717, 1.165) is 5.56 Å². The molecule has 0 bridgehead atoms. The van der Waals surface area contributed by atoms with Gasteiger partial charge in [0.1, 0.15) is 5.75 Å². The van der Waals surface area contributed by atoms with Gasteiger partial charge in [-0.3, -0.25) is 4.72 Å². The fraction of sp³-hybridized carbons (Fsp3) is 0.133. The van der Waals surface area contributed by atoms with E-state index in [4.69, 9.17) is 10.00 Å². The topological polar surface area (TPSA) is 79.2 Å². The van der Waals surface area contributed by atoms with Crippen molar-refractivity contribution in [2.24, 2.45) is 0 Å². The zero-order valence-corrected chi connectivity index (χ0v) is 12.4. The zero-order chi connectivity index (χ0) is 15.5. The van der Waals surface area contributed by atoms with Gasteiger partial charge in [0, 0.05) is 6.07 Å². The first kappa shape index (κ1) is 14.9. The van der Waals surface area contributed by atoms with E-state index >= 15 is 0 Å². The number of nitriles is 1. The molecule has 108 valence electrons. The minimum absolute atomic E-state index is 0.175. The SMILES string of the molecule is COc1cc(C#N)ccc1NS(=O)(=O)c1cccc(C)c1. The number of nitrogens with zero attached hydrogens (tertiary/aromatic N) is 1. The lowest BCUT2D eigenvalue weighted by Gasteiger charge is -2.12. The lowest BCUT2D eigenvalue weighted by atomic mass is 10.2. The quantitative estimate of drug-likeness (QED) is 0.941. The maximum Gasteiger partial charge on any atom is 0.262 e. The maximum absolute atomic E-state index is 12.3. The molecule has 0 unspecified atom stereocenters. The Bertz CT molecular complexity index is 808. The zero-order valence-electron chi connectivity index (χ0n) is 11.6. The molecule has 2 rings (SSSR count). The number of rotatable bonds is 4. The fourth-order valence-electron chi connectivity index (χ4n) is 1.83. The van der Waals surface area contributed by atoms with Gasteiger partial charge < -0.3 is 4.74 Å². The Kier molecular flexibility index (Phi) is 4.15. The number of aryl methyl sites for hydroxylation is 1. The van der Waals surface area contributed by atoms with Crippen molar-refractivity contribution in [2.75, 3.05) is 11.8 Å². The largest absolute Gasteiger partial charge is 0.495 e.